The summed E-state index contributed by atoms with van der Waals surface area (Å²) in [7, 11) is 0. The molecule has 0 atom stereocenters. The highest BCUT2D eigenvalue weighted by Gasteiger charge is 2.11. The van der Waals surface area contributed by atoms with Gasteiger partial charge in [0, 0.05) is 39.3 Å². The lowest BCUT2D eigenvalue weighted by Gasteiger charge is -2.28. The summed E-state index contributed by atoms with van der Waals surface area (Å²) in [5.74, 6) is 0. The minimum Gasteiger partial charge on any atom is -0.392 e. The minimum absolute atomic E-state index is 0. The predicted molar refractivity (Wildman–Crippen MR) is 369 cm³/mol. The van der Waals surface area contributed by atoms with Gasteiger partial charge in [0.25, 0.3) is 0 Å². The molecule has 1 fully saturated rings. The summed E-state index contributed by atoms with van der Waals surface area (Å²) in [5, 5.41) is 11.8. The molecular weight excluding hydrogens is 967 g/mol. The number of hydrogen-bond acceptors (Lipinski definition) is 7. The number of unbranched alkanes of at least 4 members (excludes halogenated alkanes) is 34. The summed E-state index contributed by atoms with van der Waals surface area (Å²) >= 11 is 0. The van der Waals surface area contributed by atoms with Gasteiger partial charge >= 0.3 is 0 Å². The number of hydrogen-bond donors (Lipinski definition) is 2. The number of carbonyl (C=O) groups is 1. The Bertz CT molecular complexity index is 991. The lowest BCUT2D eigenvalue weighted by Crippen LogP contribution is -2.44. The van der Waals surface area contributed by atoms with Crippen LogP contribution in [0.5, 0.6) is 0 Å². The Hall–Kier alpha value is -1.09. The van der Waals surface area contributed by atoms with Gasteiger partial charge in [0.2, 0.25) is 0 Å². The van der Waals surface area contributed by atoms with Crippen molar-refractivity contribution in [3.05, 3.63) is 24.8 Å². The van der Waals surface area contributed by atoms with Crippen LogP contribution in [0.2, 0.25) is 0 Å². The summed E-state index contributed by atoms with van der Waals surface area (Å²) in [5.41, 5.74) is 0. The first-order valence-electron chi connectivity index (χ1n) is 33.3. The SMILES string of the molecule is C.C.C.C.C.C=CCCCN(CCCCCCCCCCCCCC)CCCN1CCNCC1.C=O.CCCCCC/C=C\CO.CCCCCCCCCN(CC)CCN(CCCCCCCCC)CCCCCCCCC. The zero-order valence-electron chi connectivity index (χ0n) is 51.9. The van der Waals surface area contributed by atoms with Crippen LogP contribution in [0.15, 0.2) is 24.8 Å². The molecule has 0 aromatic heterocycles. The average molecular weight is 1130 g/mol. The smallest absolute Gasteiger partial charge is 0.106 e. The van der Waals surface area contributed by atoms with Crippen molar-refractivity contribution in [3.8, 4) is 0 Å². The molecule has 79 heavy (non-hydrogen) atoms. The number of piperazine rings is 1. The molecule has 1 saturated heterocycles. The highest BCUT2D eigenvalue weighted by molar-refractivity contribution is 5.11. The van der Waals surface area contributed by atoms with E-state index in [4.69, 9.17) is 9.90 Å². The average Bonchev–Trinajstić information content (AvgIpc) is 3.43. The first-order valence-corrected chi connectivity index (χ1v) is 33.3. The van der Waals surface area contributed by atoms with Crippen molar-refractivity contribution in [1.29, 1.82) is 0 Å². The van der Waals surface area contributed by atoms with Crippen LogP contribution in [-0.4, -0.2) is 130 Å². The Balaban J connectivity index is -0.000000168. The Morgan fingerprint density at radius 1 is 0.367 bits per heavy atom. The molecule has 0 unspecified atom stereocenters. The summed E-state index contributed by atoms with van der Waals surface area (Å²) < 4.78 is 0. The van der Waals surface area contributed by atoms with Gasteiger partial charge in [0.05, 0.1) is 6.61 Å². The van der Waals surface area contributed by atoms with E-state index in [0.29, 0.717) is 0 Å². The van der Waals surface area contributed by atoms with Gasteiger partial charge in [0.15, 0.2) is 0 Å². The van der Waals surface area contributed by atoms with Gasteiger partial charge in [-0.15, -0.1) is 6.58 Å². The molecular formula is C72H159N5O2. The van der Waals surface area contributed by atoms with Gasteiger partial charge in [-0.3, -0.25) is 0 Å². The maximum Gasteiger partial charge on any atom is 0.106 e. The largest absolute Gasteiger partial charge is 0.392 e. The molecule has 0 radical (unpaired) electrons. The second-order valence-corrected chi connectivity index (χ2v) is 22.3. The van der Waals surface area contributed by atoms with Gasteiger partial charge in [-0.2, -0.15) is 0 Å². The van der Waals surface area contributed by atoms with Crippen LogP contribution in [0.1, 0.15) is 342 Å². The predicted octanol–water partition coefficient (Wildman–Crippen LogP) is 21.6. The number of aliphatic hydroxyl groups excluding tert-OH is 1. The van der Waals surface area contributed by atoms with Crippen molar-refractivity contribution in [2.24, 2.45) is 0 Å². The highest BCUT2D eigenvalue weighted by Crippen LogP contribution is 2.15. The van der Waals surface area contributed by atoms with Crippen molar-refractivity contribution >= 4 is 6.79 Å². The van der Waals surface area contributed by atoms with Crippen LogP contribution in [0.4, 0.5) is 0 Å². The second-order valence-electron chi connectivity index (χ2n) is 22.3. The molecule has 7 nitrogen and oxygen atoms in total. The first kappa shape index (κ1) is 94.3. The van der Waals surface area contributed by atoms with E-state index in [9.17, 15) is 0 Å². The molecule has 0 amide bonds. The zero-order valence-corrected chi connectivity index (χ0v) is 51.9. The molecule has 0 aromatic carbocycles. The third kappa shape index (κ3) is 81.2. The van der Waals surface area contributed by atoms with E-state index in [0.717, 1.165) is 12.8 Å². The first-order chi connectivity index (χ1) is 36.6. The summed E-state index contributed by atoms with van der Waals surface area (Å²) in [4.78, 5) is 18.9. The minimum atomic E-state index is 0. The van der Waals surface area contributed by atoms with Gasteiger partial charge in [-0.1, -0.05) is 302 Å². The number of nitrogens with zero attached hydrogens (tertiary/aromatic N) is 4. The van der Waals surface area contributed by atoms with Crippen LogP contribution < -0.4 is 5.32 Å². The highest BCUT2D eigenvalue weighted by atomic mass is 16.2. The third-order valence-electron chi connectivity index (χ3n) is 15.3. The number of likely N-dealkylation sites (N-methyl/N-ethyl adjacent to an activating group) is 1. The van der Waals surface area contributed by atoms with Crippen LogP contribution in [-0.2, 0) is 4.79 Å². The molecule has 0 aromatic rings. The van der Waals surface area contributed by atoms with Crippen molar-refractivity contribution < 1.29 is 9.90 Å². The lowest BCUT2D eigenvalue weighted by molar-refractivity contribution is -0.0980. The molecule has 7 heteroatoms. The molecule has 0 saturated carbocycles. The molecule has 1 heterocycles. The topological polar surface area (TPSA) is 62.3 Å². The maximum atomic E-state index is 8.38. The standard InChI is InChI=1S/C31H66N2.C26H53N3.C9H18O.CH2O.5CH4/c1-5-9-12-15-18-21-24-27-32(8-4)30-31-33(28-25-22-19-16-13-10-6-2)29-26-23-20-17-14-11-7-3;1-3-5-7-8-9-10-11-12-13-14-15-17-22-28(21-16-6-4-2)23-18-24-29-25-19-27-20-26-29;1-2-3-4-5-6-7-8-9-10;1-2;;;;;/h5-31H2,1-4H3;4,27H,2-3,5-26H2,1H3;7-8,10H,2-6,9H2,1H3;1H2;5*1H4/b;;8-7-;;;;;;. The van der Waals surface area contributed by atoms with Gasteiger partial charge < -0.3 is 34.8 Å². The summed E-state index contributed by atoms with van der Waals surface area (Å²) in [6.45, 7) is 37.6. The van der Waals surface area contributed by atoms with Crippen molar-refractivity contribution in [2.45, 2.75) is 342 Å². The number of nitrogens with one attached hydrogen (secondary N) is 1. The lowest BCUT2D eigenvalue weighted by atomic mass is 10.1. The number of aliphatic hydroxyl groups is 1. The van der Waals surface area contributed by atoms with Gasteiger partial charge in [-0.05, 0) is 110 Å². The summed E-state index contributed by atoms with van der Waals surface area (Å²) in [6.07, 6.45) is 63.2. The van der Waals surface area contributed by atoms with E-state index in [1.54, 1.807) is 0 Å². The fourth-order valence-corrected chi connectivity index (χ4v) is 10.2. The number of carbonyl (C=O) groups excluding carboxylic acids is 1. The Morgan fingerprint density at radius 2 is 0.658 bits per heavy atom. The fourth-order valence-electron chi connectivity index (χ4n) is 10.2. The quantitative estimate of drug-likeness (QED) is 0.0465. The Labute approximate surface area is 504 Å². The molecule has 1 aliphatic rings. The zero-order chi connectivity index (χ0) is 54.7. The van der Waals surface area contributed by atoms with Crippen LogP contribution in [0, 0.1) is 0 Å². The van der Waals surface area contributed by atoms with Crippen molar-refractivity contribution in [1.82, 2.24) is 24.9 Å². The van der Waals surface area contributed by atoms with Gasteiger partial charge in [0.1, 0.15) is 6.79 Å². The van der Waals surface area contributed by atoms with E-state index in [1.165, 1.54) is 342 Å². The molecule has 484 valence electrons. The van der Waals surface area contributed by atoms with Crippen molar-refractivity contribution in [2.75, 3.05) is 98.2 Å². The van der Waals surface area contributed by atoms with Crippen LogP contribution in [0.3, 0.4) is 0 Å². The maximum absolute atomic E-state index is 8.38. The van der Waals surface area contributed by atoms with Crippen molar-refractivity contribution in [3.63, 3.8) is 0 Å². The van der Waals surface area contributed by atoms with E-state index < -0.39 is 0 Å². The van der Waals surface area contributed by atoms with E-state index in [2.05, 4.69) is 85.2 Å². The van der Waals surface area contributed by atoms with Gasteiger partial charge in [-0.25, -0.2) is 0 Å². The van der Waals surface area contributed by atoms with E-state index in [-0.39, 0.29) is 43.7 Å². The summed E-state index contributed by atoms with van der Waals surface area (Å²) in [6, 6.07) is 0. The monoisotopic (exact) mass is 1130 g/mol. The normalized spacial score (nSPS) is 12.0. The molecule has 0 bridgehead atoms. The van der Waals surface area contributed by atoms with E-state index >= 15 is 0 Å². The van der Waals surface area contributed by atoms with Crippen LogP contribution in [0.25, 0.3) is 0 Å². The molecule has 1 rings (SSSR count). The fraction of sp³-hybridized carbons (Fsp3) is 0.931. The van der Waals surface area contributed by atoms with E-state index in [1.807, 2.05) is 12.9 Å². The van der Waals surface area contributed by atoms with Crippen LogP contribution >= 0.6 is 0 Å². The second kappa shape index (κ2) is 88.1. The Morgan fingerprint density at radius 3 is 1.00 bits per heavy atom. The molecule has 0 aliphatic carbocycles. The number of rotatable bonds is 55. The molecule has 0 spiro atoms. The third-order valence-corrected chi connectivity index (χ3v) is 15.3. The number of allylic oxidation sites excluding steroid dienone is 2. The Kier molecular flexibility index (Phi) is 105. The molecule has 1 aliphatic heterocycles. The molecule has 2 N–H and O–H groups in total.